The van der Waals surface area contributed by atoms with Gasteiger partial charge in [-0.25, -0.2) is 9.97 Å². The molecule has 24 heavy (non-hydrogen) atoms. The third kappa shape index (κ3) is 2.81. The normalized spacial score (nSPS) is 14.1. The van der Waals surface area contributed by atoms with E-state index < -0.39 is 0 Å². The molecule has 0 radical (unpaired) electrons. The summed E-state index contributed by atoms with van der Waals surface area (Å²) >= 11 is 13.4. The number of amides is 1. The second-order valence-corrected chi connectivity index (χ2v) is 7.43. The van der Waals surface area contributed by atoms with Crippen molar-refractivity contribution < 1.29 is 9.90 Å². The molecule has 0 atom stereocenters. The van der Waals surface area contributed by atoms with Crippen molar-refractivity contribution in [3.63, 3.8) is 0 Å². The van der Waals surface area contributed by atoms with Crippen LogP contribution in [0.15, 0.2) is 24.5 Å². The molecule has 2 aromatic heterocycles. The van der Waals surface area contributed by atoms with Crippen LogP contribution in [0.3, 0.4) is 0 Å². The summed E-state index contributed by atoms with van der Waals surface area (Å²) in [5.74, 6) is -0.179. The lowest BCUT2D eigenvalue weighted by molar-refractivity contribution is 0.0955. The molecule has 1 saturated carbocycles. The highest BCUT2D eigenvalue weighted by Crippen LogP contribution is 2.39. The van der Waals surface area contributed by atoms with Gasteiger partial charge in [0.2, 0.25) is 0 Å². The number of rotatable bonds is 3. The fourth-order valence-electron chi connectivity index (χ4n) is 2.39. The zero-order valence-corrected chi connectivity index (χ0v) is 14.5. The van der Waals surface area contributed by atoms with Crippen LogP contribution in [-0.2, 0) is 0 Å². The maximum Gasteiger partial charge on any atom is 0.261 e. The van der Waals surface area contributed by atoms with Crippen molar-refractivity contribution in [2.24, 2.45) is 0 Å². The van der Waals surface area contributed by atoms with Crippen LogP contribution in [0.4, 0.5) is 0 Å². The number of nitrogens with zero attached hydrogens (tertiary/aromatic N) is 2. The van der Waals surface area contributed by atoms with E-state index in [0.29, 0.717) is 31.4 Å². The van der Waals surface area contributed by atoms with Crippen LogP contribution in [0.25, 0.3) is 21.5 Å². The number of aromatic nitrogens is 2. The lowest BCUT2D eigenvalue weighted by atomic mass is 10.1. The van der Waals surface area contributed by atoms with E-state index in [4.69, 9.17) is 23.2 Å². The van der Waals surface area contributed by atoms with Gasteiger partial charge in [0.15, 0.2) is 0 Å². The van der Waals surface area contributed by atoms with E-state index in [9.17, 15) is 9.90 Å². The largest absolute Gasteiger partial charge is 0.506 e. The van der Waals surface area contributed by atoms with E-state index >= 15 is 0 Å². The Hall–Kier alpha value is -1.89. The Morgan fingerprint density at radius 2 is 2.00 bits per heavy atom. The Kier molecular flexibility index (Phi) is 3.83. The first-order chi connectivity index (χ1) is 11.5. The fourth-order valence-corrected chi connectivity index (χ4v) is 3.76. The predicted octanol–water partition coefficient (Wildman–Crippen LogP) is 4.26. The molecule has 1 amide bonds. The molecular weight excluding hydrogens is 369 g/mol. The van der Waals surface area contributed by atoms with Crippen molar-refractivity contribution >= 4 is 50.7 Å². The van der Waals surface area contributed by atoms with Gasteiger partial charge in [0.05, 0.1) is 20.6 Å². The number of aromatic hydroxyl groups is 1. The molecule has 122 valence electrons. The van der Waals surface area contributed by atoms with E-state index in [1.807, 2.05) is 0 Å². The third-order valence-electron chi connectivity index (χ3n) is 3.76. The van der Waals surface area contributed by atoms with Gasteiger partial charge in [-0.1, -0.05) is 23.2 Å². The minimum absolute atomic E-state index is 0.0789. The Balaban J connectivity index is 1.82. The van der Waals surface area contributed by atoms with Crippen molar-refractivity contribution in [2.75, 3.05) is 0 Å². The molecule has 1 fully saturated rings. The summed E-state index contributed by atoms with van der Waals surface area (Å²) in [5, 5.41) is 14.1. The number of halogens is 2. The van der Waals surface area contributed by atoms with Gasteiger partial charge < -0.3 is 10.4 Å². The number of thiophene rings is 1. The first kappa shape index (κ1) is 15.6. The molecule has 1 aliphatic carbocycles. The highest BCUT2D eigenvalue weighted by molar-refractivity contribution is 7.20. The number of carbonyl (C=O) groups excluding carboxylic acids is 1. The Morgan fingerprint density at radius 3 is 2.75 bits per heavy atom. The first-order valence-electron chi connectivity index (χ1n) is 7.26. The average molecular weight is 380 g/mol. The second-order valence-electron chi connectivity index (χ2n) is 5.58. The van der Waals surface area contributed by atoms with E-state index in [-0.39, 0.29) is 22.7 Å². The Labute approximate surface area is 151 Å². The maximum atomic E-state index is 12.2. The molecule has 2 N–H and O–H groups in total. The van der Waals surface area contributed by atoms with Crippen LogP contribution in [-0.4, -0.2) is 27.0 Å². The van der Waals surface area contributed by atoms with E-state index in [1.165, 1.54) is 29.8 Å². The number of fused-ring (bicyclic) bond motifs is 1. The van der Waals surface area contributed by atoms with Gasteiger partial charge in [-0.15, -0.1) is 11.3 Å². The molecule has 3 aromatic rings. The van der Waals surface area contributed by atoms with Crippen LogP contribution in [0.1, 0.15) is 22.5 Å². The van der Waals surface area contributed by atoms with Crippen molar-refractivity contribution in [1.82, 2.24) is 15.3 Å². The van der Waals surface area contributed by atoms with Crippen molar-refractivity contribution in [3.8, 4) is 17.0 Å². The van der Waals surface area contributed by atoms with Gasteiger partial charge >= 0.3 is 0 Å². The van der Waals surface area contributed by atoms with Gasteiger partial charge in [-0.2, -0.15) is 0 Å². The minimum atomic E-state index is -0.100. The van der Waals surface area contributed by atoms with E-state index in [2.05, 4.69) is 15.3 Å². The number of benzene rings is 1. The SMILES string of the molecule is O=C(NC1CC1)c1cc2c(-c3cc(O)c(Cl)cc3Cl)ncnc2s1. The average Bonchev–Trinajstić information content (AvgIpc) is 3.24. The summed E-state index contributed by atoms with van der Waals surface area (Å²) in [5.41, 5.74) is 1.09. The summed E-state index contributed by atoms with van der Waals surface area (Å²) in [6.07, 6.45) is 3.47. The maximum absolute atomic E-state index is 12.2. The molecular formula is C16H11Cl2N3O2S. The monoisotopic (exact) mass is 379 g/mol. The molecule has 1 aromatic carbocycles. The quantitative estimate of drug-likeness (QED) is 0.712. The Bertz CT molecular complexity index is 969. The number of hydrogen-bond donors (Lipinski definition) is 2. The van der Waals surface area contributed by atoms with Crippen LogP contribution >= 0.6 is 34.5 Å². The van der Waals surface area contributed by atoms with Gasteiger partial charge in [-0.05, 0) is 31.0 Å². The lowest BCUT2D eigenvalue weighted by Gasteiger charge is -2.06. The molecule has 8 heteroatoms. The molecule has 5 nitrogen and oxygen atoms in total. The summed E-state index contributed by atoms with van der Waals surface area (Å²) < 4.78 is 0. The molecule has 0 bridgehead atoms. The number of hydrogen-bond acceptors (Lipinski definition) is 5. The number of nitrogens with one attached hydrogen (secondary N) is 1. The molecule has 4 rings (SSSR count). The minimum Gasteiger partial charge on any atom is -0.506 e. The van der Waals surface area contributed by atoms with Crippen LogP contribution < -0.4 is 5.32 Å². The molecule has 0 saturated heterocycles. The number of carbonyl (C=O) groups is 1. The Morgan fingerprint density at radius 1 is 1.21 bits per heavy atom. The van der Waals surface area contributed by atoms with Gasteiger partial charge in [-0.3, -0.25) is 4.79 Å². The lowest BCUT2D eigenvalue weighted by Crippen LogP contribution is -2.24. The number of phenols is 1. The van der Waals surface area contributed by atoms with Crippen LogP contribution in [0, 0.1) is 0 Å². The predicted molar refractivity (Wildman–Crippen MR) is 95.0 cm³/mol. The molecule has 2 heterocycles. The zero-order valence-electron chi connectivity index (χ0n) is 12.2. The van der Waals surface area contributed by atoms with Crippen LogP contribution in [0.2, 0.25) is 10.0 Å². The smallest absolute Gasteiger partial charge is 0.261 e. The standard InChI is InChI=1S/C16H11Cl2N3O2S/c17-10-5-11(18)12(22)3-8(10)14-9-4-13(15(23)21-7-1-2-7)24-16(9)20-6-19-14/h3-7,22H,1-2H2,(H,21,23). The summed E-state index contributed by atoms with van der Waals surface area (Å²) in [4.78, 5) is 22.0. The first-order valence-corrected chi connectivity index (χ1v) is 8.84. The summed E-state index contributed by atoms with van der Waals surface area (Å²) in [7, 11) is 0. The van der Waals surface area contributed by atoms with Crippen molar-refractivity contribution in [2.45, 2.75) is 18.9 Å². The highest BCUT2D eigenvalue weighted by atomic mass is 35.5. The van der Waals surface area contributed by atoms with Gasteiger partial charge in [0, 0.05) is 17.0 Å². The third-order valence-corrected chi connectivity index (χ3v) is 5.41. The van der Waals surface area contributed by atoms with E-state index in [1.54, 1.807) is 6.07 Å². The zero-order chi connectivity index (χ0) is 16.8. The summed E-state index contributed by atoms with van der Waals surface area (Å²) in [6.45, 7) is 0. The summed E-state index contributed by atoms with van der Waals surface area (Å²) in [6, 6.07) is 4.98. The van der Waals surface area contributed by atoms with Crippen molar-refractivity contribution in [1.29, 1.82) is 0 Å². The topological polar surface area (TPSA) is 75.1 Å². The van der Waals surface area contributed by atoms with Crippen molar-refractivity contribution in [3.05, 3.63) is 39.4 Å². The van der Waals surface area contributed by atoms with Gasteiger partial charge in [0.1, 0.15) is 16.9 Å². The molecule has 0 unspecified atom stereocenters. The van der Waals surface area contributed by atoms with Gasteiger partial charge in [0.25, 0.3) is 5.91 Å². The molecule has 0 spiro atoms. The molecule has 1 aliphatic rings. The second kappa shape index (κ2) is 5.88. The van der Waals surface area contributed by atoms with Crippen LogP contribution in [0.5, 0.6) is 5.75 Å². The number of phenolic OH excluding ortho intramolecular Hbond substituents is 1. The highest BCUT2D eigenvalue weighted by Gasteiger charge is 2.25. The van der Waals surface area contributed by atoms with E-state index in [0.717, 1.165) is 12.8 Å². The fraction of sp³-hybridized carbons (Fsp3) is 0.188. The molecule has 0 aliphatic heterocycles.